The fourth-order valence-electron chi connectivity index (χ4n) is 3.35. The predicted molar refractivity (Wildman–Crippen MR) is 148 cm³/mol. The molecular formula is C22H4N10S5. The summed E-state index contributed by atoms with van der Waals surface area (Å²) in [5.74, 6) is -0.217. The molecule has 6 aromatic rings. The Morgan fingerprint density at radius 3 is 1.76 bits per heavy atom. The predicted octanol–water partition coefficient (Wildman–Crippen LogP) is 6.96. The second-order valence-electron chi connectivity index (χ2n) is 6.97. The summed E-state index contributed by atoms with van der Waals surface area (Å²) >= 11 is 6.82. The zero-order chi connectivity index (χ0) is 25.5. The summed E-state index contributed by atoms with van der Waals surface area (Å²) in [6, 6.07) is 12.6. The third kappa shape index (κ3) is 3.94. The molecule has 0 aliphatic heterocycles. The summed E-state index contributed by atoms with van der Waals surface area (Å²) in [7, 11) is 0. The van der Waals surface area contributed by atoms with Crippen molar-refractivity contribution in [3.05, 3.63) is 35.7 Å². The van der Waals surface area contributed by atoms with Crippen LogP contribution < -0.4 is 0 Å². The molecule has 0 spiro atoms. The highest BCUT2D eigenvalue weighted by atomic mass is 32.1. The highest BCUT2D eigenvalue weighted by Crippen LogP contribution is 2.46. The van der Waals surface area contributed by atoms with Crippen molar-refractivity contribution in [2.24, 2.45) is 9.98 Å². The maximum absolute atomic E-state index is 8.99. The van der Waals surface area contributed by atoms with Crippen LogP contribution in [-0.2, 0) is 0 Å². The van der Waals surface area contributed by atoms with Crippen molar-refractivity contribution >= 4 is 110 Å². The quantitative estimate of drug-likeness (QED) is 0.127. The summed E-state index contributed by atoms with van der Waals surface area (Å²) in [5, 5.41) is 29.6. The first-order valence-corrected chi connectivity index (χ1v) is 13.9. The van der Waals surface area contributed by atoms with Crippen molar-refractivity contribution in [2.75, 3.05) is 0 Å². The lowest BCUT2D eigenvalue weighted by atomic mass is 10.2. The van der Waals surface area contributed by atoms with Gasteiger partial charge in [-0.1, -0.05) is 22.9 Å². The first kappa shape index (κ1) is 23.0. The highest BCUT2D eigenvalue weighted by molar-refractivity contribution is 7.32. The van der Waals surface area contributed by atoms with Gasteiger partial charge in [0.1, 0.15) is 55.3 Å². The molecule has 0 aliphatic rings. The Kier molecular flexibility index (Phi) is 5.70. The van der Waals surface area contributed by atoms with Gasteiger partial charge in [-0.05, 0) is 24.3 Å². The molecular weight excluding hydrogens is 565 g/mol. The number of fused-ring (bicyclic) bond motifs is 6. The lowest BCUT2D eigenvalue weighted by Crippen LogP contribution is -1.84. The number of thiazole rings is 2. The summed E-state index contributed by atoms with van der Waals surface area (Å²) in [5.41, 5.74) is 2.66. The van der Waals surface area contributed by atoms with Gasteiger partial charge in [0.25, 0.3) is 0 Å². The first-order valence-electron chi connectivity index (χ1n) is 9.92. The molecule has 172 valence electrons. The van der Waals surface area contributed by atoms with Gasteiger partial charge in [0.15, 0.2) is 0 Å². The van der Waals surface area contributed by atoms with Crippen LogP contribution in [0.1, 0.15) is 0 Å². The molecule has 0 saturated carbocycles. The topological polar surface area (TPSA) is 152 Å². The van der Waals surface area contributed by atoms with Crippen LogP contribution in [-0.4, -0.2) is 30.3 Å². The summed E-state index contributed by atoms with van der Waals surface area (Å²) in [4.78, 5) is 22.7. The maximum Gasteiger partial charge on any atom is 0.350 e. The smallest absolute Gasteiger partial charge is 0.350 e. The fourth-order valence-corrected chi connectivity index (χ4v) is 8.03. The minimum absolute atomic E-state index is 0.202. The van der Waals surface area contributed by atoms with Crippen LogP contribution >= 0.6 is 57.1 Å². The SMILES string of the molecule is [C-]#[N+]C(C#N)=Nc1ccc(-c2nc3c4nsnc4c4nc(-c5ccc(N=C(C#N)C#N)s5)sc4c3s2)s1. The van der Waals surface area contributed by atoms with E-state index < -0.39 is 0 Å². The molecule has 0 bridgehead atoms. The molecule has 0 N–H and O–H groups in total. The molecule has 15 heteroatoms. The van der Waals surface area contributed by atoms with Gasteiger partial charge in [0.05, 0.1) is 30.9 Å². The van der Waals surface area contributed by atoms with Crippen LogP contribution in [0.2, 0.25) is 0 Å². The van der Waals surface area contributed by atoms with Gasteiger partial charge in [0, 0.05) is 0 Å². The van der Waals surface area contributed by atoms with Gasteiger partial charge in [-0.25, -0.2) is 20.2 Å². The Morgan fingerprint density at radius 1 is 0.730 bits per heavy atom. The lowest BCUT2D eigenvalue weighted by molar-refractivity contribution is 1.49. The minimum Gasteiger partial charge on any atom is -0.351 e. The van der Waals surface area contributed by atoms with Crippen LogP contribution in [0, 0.1) is 40.6 Å². The fraction of sp³-hybridized carbons (Fsp3) is 0. The van der Waals surface area contributed by atoms with Crippen molar-refractivity contribution in [3.8, 4) is 38.0 Å². The van der Waals surface area contributed by atoms with Gasteiger partial charge in [-0.2, -0.15) is 19.3 Å². The Labute approximate surface area is 227 Å². The Bertz CT molecular complexity index is 1920. The van der Waals surface area contributed by atoms with E-state index >= 15 is 0 Å². The minimum atomic E-state index is -0.217. The van der Waals surface area contributed by atoms with Crippen molar-refractivity contribution in [3.63, 3.8) is 0 Å². The number of benzene rings is 1. The zero-order valence-corrected chi connectivity index (χ0v) is 21.9. The number of thiophene rings is 2. The zero-order valence-electron chi connectivity index (χ0n) is 17.8. The molecule has 5 heterocycles. The standard InChI is InChI=1S/C22H4N10S5/c1-26-12(8-25)28-14-5-3-11(34-14)22-30-18-16-15(31-37-32-16)17-19(20(18)36-22)35-21(29-17)10-2-4-13(33-10)27-9(6-23)7-24/h2-5H. The maximum atomic E-state index is 8.99. The molecule has 0 radical (unpaired) electrons. The second kappa shape index (κ2) is 9.19. The average Bonchev–Trinajstić information content (AvgIpc) is 3.72. The van der Waals surface area contributed by atoms with E-state index in [1.807, 2.05) is 12.1 Å². The molecule has 0 fully saturated rings. The summed E-state index contributed by atoms with van der Waals surface area (Å²) in [6.45, 7) is 7.02. The number of hydrogen-bond acceptors (Lipinski definition) is 14. The number of nitriles is 3. The average molecular weight is 569 g/mol. The normalized spacial score (nSPS) is 11.3. The number of aliphatic imine (C=N–C) groups is 2. The van der Waals surface area contributed by atoms with Crippen LogP contribution in [0.3, 0.4) is 0 Å². The van der Waals surface area contributed by atoms with Gasteiger partial charge < -0.3 is 4.85 Å². The van der Waals surface area contributed by atoms with Gasteiger partial charge in [-0.15, -0.1) is 34.0 Å². The van der Waals surface area contributed by atoms with Crippen LogP contribution in [0.5, 0.6) is 0 Å². The highest BCUT2D eigenvalue weighted by Gasteiger charge is 2.22. The number of aromatic nitrogens is 4. The first-order chi connectivity index (χ1) is 18.1. The van der Waals surface area contributed by atoms with E-state index in [2.05, 4.69) is 23.6 Å². The largest absolute Gasteiger partial charge is 0.351 e. The Balaban J connectivity index is 1.49. The van der Waals surface area contributed by atoms with E-state index in [1.165, 1.54) is 45.3 Å². The molecule has 10 nitrogen and oxygen atoms in total. The monoisotopic (exact) mass is 568 g/mol. The van der Waals surface area contributed by atoms with Crippen molar-refractivity contribution in [1.82, 2.24) is 18.7 Å². The molecule has 6 rings (SSSR count). The molecule has 37 heavy (non-hydrogen) atoms. The third-order valence-electron chi connectivity index (χ3n) is 4.86. The van der Waals surface area contributed by atoms with Crippen LogP contribution in [0.4, 0.5) is 10.0 Å². The molecule has 0 atom stereocenters. The van der Waals surface area contributed by atoms with E-state index in [0.717, 1.165) is 51.9 Å². The molecule has 0 amide bonds. The molecule has 0 unspecified atom stereocenters. The third-order valence-corrected chi connectivity index (χ3v) is 9.96. The van der Waals surface area contributed by atoms with E-state index in [1.54, 1.807) is 30.3 Å². The number of rotatable bonds is 4. The van der Waals surface area contributed by atoms with E-state index in [0.29, 0.717) is 21.0 Å². The van der Waals surface area contributed by atoms with Crippen LogP contribution in [0.25, 0.3) is 56.1 Å². The van der Waals surface area contributed by atoms with Gasteiger partial charge in [-0.3, -0.25) is 0 Å². The van der Waals surface area contributed by atoms with Crippen molar-refractivity contribution in [1.29, 1.82) is 15.8 Å². The Morgan fingerprint density at radius 2 is 1.27 bits per heavy atom. The molecule has 0 saturated heterocycles. The van der Waals surface area contributed by atoms with E-state index in [-0.39, 0.29) is 11.5 Å². The van der Waals surface area contributed by atoms with Crippen molar-refractivity contribution < 1.29 is 0 Å². The number of hydrogen-bond donors (Lipinski definition) is 0. The van der Waals surface area contributed by atoms with E-state index in [9.17, 15) is 0 Å². The van der Waals surface area contributed by atoms with Crippen LogP contribution in [0.15, 0.2) is 34.3 Å². The number of amidine groups is 1. The molecule has 0 aliphatic carbocycles. The second-order valence-corrected chi connectivity index (χ2v) is 11.6. The molecule has 5 aromatic heterocycles. The molecule has 1 aromatic carbocycles. The van der Waals surface area contributed by atoms with Gasteiger partial charge in [0.2, 0.25) is 10.7 Å². The summed E-state index contributed by atoms with van der Waals surface area (Å²) in [6.07, 6.45) is 0. The summed E-state index contributed by atoms with van der Waals surface area (Å²) < 4.78 is 10.9. The number of nitrogens with zero attached hydrogens (tertiary/aromatic N) is 10. The van der Waals surface area contributed by atoms with Crippen molar-refractivity contribution in [2.45, 2.75) is 0 Å². The Hall–Kier alpha value is -4.48. The van der Waals surface area contributed by atoms with Gasteiger partial charge >= 0.3 is 5.84 Å². The lowest BCUT2D eigenvalue weighted by Gasteiger charge is -1.91. The van der Waals surface area contributed by atoms with E-state index in [4.69, 9.17) is 32.3 Å².